The number of benzene rings is 1. The number of unbranched alkanes of at least 4 members (excludes halogenated alkanes) is 1. The summed E-state index contributed by atoms with van der Waals surface area (Å²) in [5, 5.41) is 5.99. The van der Waals surface area contributed by atoms with Gasteiger partial charge in [-0.2, -0.15) is 0 Å². The molecule has 0 aliphatic rings. The largest absolute Gasteiger partial charge is 0.342 e. The number of aromatic nitrogens is 3. The number of imidazole rings is 1. The van der Waals surface area contributed by atoms with Gasteiger partial charge in [-0.1, -0.05) is 27.2 Å². The van der Waals surface area contributed by atoms with E-state index in [0.717, 1.165) is 52.5 Å². The Morgan fingerprint density at radius 2 is 2.16 bits per heavy atom. The summed E-state index contributed by atoms with van der Waals surface area (Å²) in [6.07, 6.45) is 3.52. The van der Waals surface area contributed by atoms with E-state index in [4.69, 9.17) is 0 Å². The van der Waals surface area contributed by atoms with Crippen molar-refractivity contribution >= 4 is 34.0 Å². The Kier molecular flexibility index (Phi) is 5.48. The number of nitrogens with zero attached hydrogens (tertiary/aromatic N) is 2. The van der Waals surface area contributed by atoms with Gasteiger partial charge in [0.25, 0.3) is 0 Å². The van der Waals surface area contributed by atoms with Crippen molar-refractivity contribution in [1.82, 2.24) is 15.0 Å². The Hall–Kier alpha value is -2.21. The maximum atomic E-state index is 12.3. The SMILES string of the molecule is CCCCc1nc2ccc(NC(=O)Cc3csc(C(C)C)n3)cc2[nH]1. The number of rotatable bonds is 7. The van der Waals surface area contributed by atoms with Gasteiger partial charge in [-0.05, 0) is 24.6 Å². The van der Waals surface area contributed by atoms with Gasteiger partial charge in [-0.25, -0.2) is 9.97 Å². The van der Waals surface area contributed by atoms with Gasteiger partial charge >= 0.3 is 0 Å². The molecule has 5 nitrogen and oxygen atoms in total. The van der Waals surface area contributed by atoms with Gasteiger partial charge in [-0.15, -0.1) is 11.3 Å². The molecule has 0 atom stereocenters. The smallest absolute Gasteiger partial charge is 0.230 e. The molecule has 2 N–H and O–H groups in total. The van der Waals surface area contributed by atoms with Gasteiger partial charge in [0.15, 0.2) is 0 Å². The molecule has 6 heteroatoms. The molecule has 0 saturated heterocycles. The fraction of sp³-hybridized carbons (Fsp3) is 0.421. The number of anilines is 1. The first-order chi connectivity index (χ1) is 12.0. The van der Waals surface area contributed by atoms with Gasteiger partial charge in [0.1, 0.15) is 5.82 Å². The van der Waals surface area contributed by atoms with Gasteiger partial charge in [0.05, 0.1) is 28.2 Å². The van der Waals surface area contributed by atoms with Crippen molar-refractivity contribution in [3.05, 3.63) is 40.1 Å². The molecule has 3 aromatic rings. The number of amides is 1. The van der Waals surface area contributed by atoms with Gasteiger partial charge < -0.3 is 10.3 Å². The Labute approximate surface area is 151 Å². The fourth-order valence-corrected chi connectivity index (χ4v) is 3.48. The number of aryl methyl sites for hydroxylation is 1. The van der Waals surface area contributed by atoms with E-state index in [2.05, 4.69) is 41.0 Å². The molecule has 0 aliphatic heterocycles. The number of aromatic amines is 1. The van der Waals surface area contributed by atoms with Gasteiger partial charge in [0, 0.05) is 23.4 Å². The molecule has 2 aromatic heterocycles. The van der Waals surface area contributed by atoms with Crippen molar-refractivity contribution in [3.8, 4) is 0 Å². The van der Waals surface area contributed by atoms with Crippen LogP contribution in [-0.4, -0.2) is 20.9 Å². The van der Waals surface area contributed by atoms with Crippen molar-refractivity contribution < 1.29 is 4.79 Å². The fourth-order valence-electron chi connectivity index (χ4n) is 2.64. The maximum Gasteiger partial charge on any atom is 0.230 e. The third-order valence-electron chi connectivity index (χ3n) is 3.99. The second kappa shape index (κ2) is 7.78. The van der Waals surface area contributed by atoms with Gasteiger partial charge in [0.2, 0.25) is 5.91 Å². The molecule has 1 aromatic carbocycles. The second-order valence-electron chi connectivity index (χ2n) is 6.58. The minimum Gasteiger partial charge on any atom is -0.342 e. The Morgan fingerprint density at radius 1 is 1.32 bits per heavy atom. The van der Waals surface area contributed by atoms with Crippen LogP contribution in [-0.2, 0) is 17.6 Å². The number of hydrogen-bond donors (Lipinski definition) is 2. The molecule has 0 saturated carbocycles. The maximum absolute atomic E-state index is 12.3. The molecule has 0 unspecified atom stereocenters. The lowest BCUT2D eigenvalue weighted by molar-refractivity contribution is -0.115. The summed E-state index contributed by atoms with van der Waals surface area (Å²) in [7, 11) is 0. The number of H-pyrrole nitrogens is 1. The van der Waals surface area contributed by atoms with E-state index in [1.165, 1.54) is 0 Å². The van der Waals surface area contributed by atoms with Crippen molar-refractivity contribution in [2.45, 2.75) is 52.4 Å². The van der Waals surface area contributed by atoms with Crippen molar-refractivity contribution in [1.29, 1.82) is 0 Å². The number of thiazole rings is 1. The summed E-state index contributed by atoms with van der Waals surface area (Å²) >= 11 is 1.61. The molecular formula is C19H24N4OS. The summed E-state index contributed by atoms with van der Waals surface area (Å²) in [5.74, 6) is 1.35. The standard InChI is InChI=1S/C19H24N4OS/c1-4-5-6-17-22-15-8-7-13(9-16(15)23-17)20-18(24)10-14-11-25-19(21-14)12(2)3/h7-9,11-12H,4-6,10H2,1-3H3,(H,20,24)(H,22,23). The van der Waals surface area contributed by atoms with Crippen molar-refractivity contribution in [2.24, 2.45) is 0 Å². The summed E-state index contributed by atoms with van der Waals surface area (Å²) in [5.41, 5.74) is 3.50. The molecule has 0 aliphatic carbocycles. The van der Waals surface area contributed by atoms with Gasteiger partial charge in [-0.3, -0.25) is 4.79 Å². The van der Waals surface area contributed by atoms with Crippen LogP contribution in [0.2, 0.25) is 0 Å². The monoisotopic (exact) mass is 356 g/mol. The van der Waals surface area contributed by atoms with E-state index < -0.39 is 0 Å². The average molecular weight is 356 g/mol. The Balaban J connectivity index is 1.65. The summed E-state index contributed by atoms with van der Waals surface area (Å²) in [6.45, 7) is 6.39. The Morgan fingerprint density at radius 3 is 2.88 bits per heavy atom. The molecule has 0 radical (unpaired) electrons. The second-order valence-corrected chi connectivity index (χ2v) is 7.47. The van der Waals surface area contributed by atoms with E-state index in [9.17, 15) is 4.79 Å². The predicted octanol–water partition coefficient (Wildman–Crippen LogP) is 4.67. The first kappa shape index (κ1) is 17.6. The lowest BCUT2D eigenvalue weighted by atomic mass is 10.2. The molecule has 3 rings (SSSR count). The van der Waals surface area contributed by atoms with Crippen molar-refractivity contribution in [3.63, 3.8) is 0 Å². The molecular weight excluding hydrogens is 332 g/mol. The summed E-state index contributed by atoms with van der Waals surface area (Å²) in [4.78, 5) is 24.7. The molecule has 1 amide bonds. The van der Waals surface area contributed by atoms with E-state index in [-0.39, 0.29) is 5.91 Å². The molecule has 2 heterocycles. The number of carbonyl (C=O) groups excluding carboxylic acids is 1. The van der Waals surface area contributed by atoms with Crippen LogP contribution >= 0.6 is 11.3 Å². The molecule has 132 valence electrons. The molecule has 0 bridgehead atoms. The third kappa shape index (κ3) is 4.45. The van der Waals surface area contributed by atoms with E-state index >= 15 is 0 Å². The van der Waals surface area contributed by atoms with Crippen LogP contribution in [0.4, 0.5) is 5.69 Å². The van der Waals surface area contributed by atoms with E-state index in [1.807, 2.05) is 23.6 Å². The first-order valence-electron chi connectivity index (χ1n) is 8.78. The first-order valence-corrected chi connectivity index (χ1v) is 9.66. The minimum absolute atomic E-state index is 0.0503. The van der Waals surface area contributed by atoms with Crippen LogP contribution in [0, 0.1) is 0 Å². The molecule has 0 fully saturated rings. The van der Waals surface area contributed by atoms with Crippen LogP contribution < -0.4 is 5.32 Å². The quantitative estimate of drug-likeness (QED) is 0.646. The topological polar surface area (TPSA) is 70.7 Å². The Bertz CT molecular complexity index is 865. The average Bonchev–Trinajstić information content (AvgIpc) is 3.18. The zero-order valence-corrected chi connectivity index (χ0v) is 15.7. The highest BCUT2D eigenvalue weighted by Crippen LogP contribution is 2.21. The minimum atomic E-state index is -0.0503. The summed E-state index contributed by atoms with van der Waals surface area (Å²) < 4.78 is 0. The highest BCUT2D eigenvalue weighted by Gasteiger charge is 2.11. The number of nitrogens with one attached hydrogen (secondary N) is 2. The molecule has 0 spiro atoms. The number of hydrogen-bond acceptors (Lipinski definition) is 4. The number of fused-ring (bicyclic) bond motifs is 1. The van der Waals surface area contributed by atoms with Crippen LogP contribution in [0.3, 0.4) is 0 Å². The zero-order chi connectivity index (χ0) is 17.8. The normalized spacial score (nSPS) is 11.4. The van der Waals surface area contributed by atoms with E-state index in [1.54, 1.807) is 11.3 Å². The molecule has 25 heavy (non-hydrogen) atoms. The zero-order valence-electron chi connectivity index (χ0n) is 14.9. The lowest BCUT2D eigenvalue weighted by Crippen LogP contribution is -2.14. The van der Waals surface area contributed by atoms with E-state index in [0.29, 0.717) is 12.3 Å². The third-order valence-corrected chi connectivity index (χ3v) is 5.18. The summed E-state index contributed by atoms with van der Waals surface area (Å²) in [6, 6.07) is 5.78. The number of carbonyl (C=O) groups is 1. The van der Waals surface area contributed by atoms with Crippen LogP contribution in [0.5, 0.6) is 0 Å². The highest BCUT2D eigenvalue weighted by atomic mass is 32.1. The lowest BCUT2D eigenvalue weighted by Gasteiger charge is -2.04. The van der Waals surface area contributed by atoms with Crippen LogP contribution in [0.15, 0.2) is 23.6 Å². The predicted molar refractivity (Wildman–Crippen MR) is 103 cm³/mol. The van der Waals surface area contributed by atoms with Crippen molar-refractivity contribution in [2.75, 3.05) is 5.32 Å². The van der Waals surface area contributed by atoms with Crippen LogP contribution in [0.1, 0.15) is 56.1 Å². The van der Waals surface area contributed by atoms with Crippen LogP contribution in [0.25, 0.3) is 11.0 Å². The highest BCUT2D eigenvalue weighted by molar-refractivity contribution is 7.09.